The molecule has 0 aromatic rings. The lowest BCUT2D eigenvalue weighted by atomic mass is 10.0. The second kappa shape index (κ2) is 5.89. The van der Waals surface area contributed by atoms with Gasteiger partial charge in [0.1, 0.15) is 0 Å². The van der Waals surface area contributed by atoms with Gasteiger partial charge in [0.15, 0.2) is 5.96 Å². The third-order valence-electron chi connectivity index (χ3n) is 3.01. The van der Waals surface area contributed by atoms with Gasteiger partial charge in [0.2, 0.25) is 0 Å². The zero-order valence-corrected chi connectivity index (χ0v) is 9.64. The van der Waals surface area contributed by atoms with Crippen LogP contribution in [0.15, 0.2) is 4.99 Å². The lowest BCUT2D eigenvalue weighted by Crippen LogP contribution is -2.44. The second-order valence-corrected chi connectivity index (χ2v) is 4.18. The lowest BCUT2D eigenvalue weighted by Gasteiger charge is -2.22. The van der Waals surface area contributed by atoms with Crippen LogP contribution in [0.5, 0.6) is 0 Å². The van der Waals surface area contributed by atoms with Gasteiger partial charge >= 0.3 is 0 Å². The summed E-state index contributed by atoms with van der Waals surface area (Å²) < 4.78 is 0. The third-order valence-corrected chi connectivity index (χ3v) is 3.01. The average Bonchev–Trinajstić information content (AvgIpc) is 2.45. The fourth-order valence-corrected chi connectivity index (χ4v) is 1.50. The molecular formula is C11H23N3. The van der Waals surface area contributed by atoms with Crippen LogP contribution in [0.1, 0.15) is 40.0 Å². The summed E-state index contributed by atoms with van der Waals surface area (Å²) in [5, 5.41) is 6.78. The molecule has 2 unspecified atom stereocenters. The quantitative estimate of drug-likeness (QED) is 0.723. The Balaban J connectivity index is 2.37. The van der Waals surface area contributed by atoms with E-state index in [1.807, 2.05) is 0 Å². The van der Waals surface area contributed by atoms with Crippen LogP contribution in [0.2, 0.25) is 0 Å². The average molecular weight is 197 g/mol. The summed E-state index contributed by atoms with van der Waals surface area (Å²) in [6, 6.07) is 0.504. The zero-order valence-electron chi connectivity index (χ0n) is 9.64. The number of aliphatic imine (C=N–C) groups is 1. The van der Waals surface area contributed by atoms with E-state index in [0.29, 0.717) is 12.0 Å². The Hall–Kier alpha value is -0.730. The zero-order chi connectivity index (χ0) is 10.4. The van der Waals surface area contributed by atoms with E-state index in [1.54, 1.807) is 0 Å². The Morgan fingerprint density at radius 2 is 2.21 bits per heavy atom. The first kappa shape index (κ1) is 11.3. The molecule has 0 bridgehead atoms. The van der Waals surface area contributed by atoms with Crippen LogP contribution < -0.4 is 10.6 Å². The maximum absolute atomic E-state index is 4.47. The summed E-state index contributed by atoms with van der Waals surface area (Å²) in [6.45, 7) is 8.74. The summed E-state index contributed by atoms with van der Waals surface area (Å²) in [5.74, 6) is 1.69. The number of rotatable bonds is 3. The Kier molecular flexibility index (Phi) is 4.77. The van der Waals surface area contributed by atoms with Crippen molar-refractivity contribution in [1.82, 2.24) is 10.6 Å². The van der Waals surface area contributed by atoms with Gasteiger partial charge in [-0.2, -0.15) is 0 Å². The molecule has 0 fully saturated rings. The van der Waals surface area contributed by atoms with Crippen molar-refractivity contribution in [2.24, 2.45) is 10.9 Å². The molecule has 0 aromatic carbocycles. The monoisotopic (exact) mass is 197 g/mol. The van der Waals surface area contributed by atoms with E-state index >= 15 is 0 Å². The molecule has 1 aliphatic heterocycles. The highest BCUT2D eigenvalue weighted by molar-refractivity contribution is 5.80. The molecule has 1 rings (SSSR count). The van der Waals surface area contributed by atoms with Crippen molar-refractivity contribution < 1.29 is 0 Å². The molecular weight excluding hydrogens is 174 g/mol. The van der Waals surface area contributed by atoms with Crippen molar-refractivity contribution in [3.05, 3.63) is 0 Å². The molecule has 0 saturated carbocycles. The van der Waals surface area contributed by atoms with Gasteiger partial charge in [-0.15, -0.1) is 0 Å². The Morgan fingerprint density at radius 1 is 1.43 bits per heavy atom. The summed E-state index contributed by atoms with van der Waals surface area (Å²) in [6.07, 6.45) is 3.64. The van der Waals surface area contributed by atoms with E-state index in [1.165, 1.54) is 19.3 Å². The van der Waals surface area contributed by atoms with E-state index in [-0.39, 0.29) is 0 Å². The van der Waals surface area contributed by atoms with Crippen molar-refractivity contribution in [2.75, 3.05) is 13.1 Å². The second-order valence-electron chi connectivity index (χ2n) is 4.18. The maximum atomic E-state index is 4.47. The van der Waals surface area contributed by atoms with Crippen LogP contribution in [0.25, 0.3) is 0 Å². The molecule has 3 heteroatoms. The van der Waals surface area contributed by atoms with Crippen LogP contribution in [-0.2, 0) is 0 Å². The smallest absolute Gasteiger partial charge is 0.191 e. The van der Waals surface area contributed by atoms with Gasteiger partial charge in [0.05, 0.1) is 0 Å². The fraction of sp³-hybridized carbons (Fsp3) is 0.909. The van der Waals surface area contributed by atoms with Crippen LogP contribution in [0.3, 0.4) is 0 Å². The van der Waals surface area contributed by atoms with Crippen molar-refractivity contribution in [3.8, 4) is 0 Å². The molecule has 3 nitrogen and oxygen atoms in total. The molecule has 0 spiro atoms. The minimum atomic E-state index is 0.504. The van der Waals surface area contributed by atoms with Crippen LogP contribution in [0.4, 0.5) is 0 Å². The molecule has 1 aliphatic rings. The first-order valence-electron chi connectivity index (χ1n) is 5.79. The van der Waals surface area contributed by atoms with Crippen LogP contribution in [-0.4, -0.2) is 25.1 Å². The van der Waals surface area contributed by atoms with E-state index in [0.717, 1.165) is 19.0 Å². The molecule has 0 saturated heterocycles. The van der Waals surface area contributed by atoms with Gasteiger partial charge < -0.3 is 10.6 Å². The molecule has 82 valence electrons. The Bertz CT molecular complexity index is 189. The van der Waals surface area contributed by atoms with Crippen LogP contribution in [0, 0.1) is 5.92 Å². The molecule has 0 radical (unpaired) electrons. The maximum Gasteiger partial charge on any atom is 0.191 e. The van der Waals surface area contributed by atoms with Crippen molar-refractivity contribution in [1.29, 1.82) is 0 Å². The minimum absolute atomic E-state index is 0.504. The normalized spacial score (nSPS) is 21.5. The first-order valence-corrected chi connectivity index (χ1v) is 5.79. The topological polar surface area (TPSA) is 36.4 Å². The van der Waals surface area contributed by atoms with Gasteiger partial charge in [-0.05, 0) is 25.7 Å². The van der Waals surface area contributed by atoms with Crippen molar-refractivity contribution >= 4 is 5.96 Å². The SMILES string of the molecule is CCC(C)C(C)NC1=NCCCCN1. The minimum Gasteiger partial charge on any atom is -0.356 e. The van der Waals surface area contributed by atoms with Crippen LogP contribution >= 0.6 is 0 Å². The summed E-state index contributed by atoms with van der Waals surface area (Å²) >= 11 is 0. The summed E-state index contributed by atoms with van der Waals surface area (Å²) in [5.41, 5.74) is 0. The number of nitrogens with one attached hydrogen (secondary N) is 2. The molecule has 0 amide bonds. The number of guanidine groups is 1. The van der Waals surface area contributed by atoms with Gasteiger partial charge in [0, 0.05) is 19.1 Å². The molecule has 0 aliphatic carbocycles. The van der Waals surface area contributed by atoms with Gasteiger partial charge in [-0.3, -0.25) is 4.99 Å². The molecule has 0 aromatic heterocycles. The largest absolute Gasteiger partial charge is 0.356 e. The summed E-state index contributed by atoms with van der Waals surface area (Å²) in [4.78, 5) is 4.47. The highest BCUT2D eigenvalue weighted by atomic mass is 15.2. The standard InChI is InChI=1S/C11H23N3/c1-4-9(2)10(3)14-11-12-7-5-6-8-13-11/h9-10H,4-8H2,1-3H3,(H2,12,13,14). The van der Waals surface area contributed by atoms with E-state index < -0.39 is 0 Å². The summed E-state index contributed by atoms with van der Waals surface area (Å²) in [7, 11) is 0. The van der Waals surface area contributed by atoms with E-state index in [2.05, 4.69) is 36.4 Å². The first-order chi connectivity index (χ1) is 6.74. The van der Waals surface area contributed by atoms with Crippen molar-refractivity contribution in [3.63, 3.8) is 0 Å². The third kappa shape index (κ3) is 3.56. The lowest BCUT2D eigenvalue weighted by molar-refractivity contribution is 0.433. The molecule has 14 heavy (non-hydrogen) atoms. The van der Waals surface area contributed by atoms with Gasteiger partial charge in [0.25, 0.3) is 0 Å². The number of hydrogen-bond acceptors (Lipinski definition) is 3. The molecule has 1 heterocycles. The van der Waals surface area contributed by atoms with Gasteiger partial charge in [-0.25, -0.2) is 0 Å². The Morgan fingerprint density at radius 3 is 2.93 bits per heavy atom. The predicted octanol–water partition coefficient (Wildman–Crippen LogP) is 1.75. The molecule has 2 N–H and O–H groups in total. The Labute approximate surface area is 87.4 Å². The highest BCUT2D eigenvalue weighted by Crippen LogP contribution is 2.06. The highest BCUT2D eigenvalue weighted by Gasteiger charge is 2.12. The number of nitrogens with zero attached hydrogens (tertiary/aromatic N) is 1. The molecule has 2 atom stereocenters. The fourth-order valence-electron chi connectivity index (χ4n) is 1.50. The van der Waals surface area contributed by atoms with E-state index in [9.17, 15) is 0 Å². The van der Waals surface area contributed by atoms with Gasteiger partial charge in [-0.1, -0.05) is 20.3 Å². The number of hydrogen-bond donors (Lipinski definition) is 2. The predicted molar refractivity (Wildman–Crippen MR) is 61.6 cm³/mol. The van der Waals surface area contributed by atoms with E-state index in [4.69, 9.17) is 0 Å². The van der Waals surface area contributed by atoms with Crippen molar-refractivity contribution in [2.45, 2.75) is 46.1 Å².